The minimum atomic E-state index is 0.353. The molecular weight excluding hydrogens is 294 g/mol. The van der Waals surface area contributed by atoms with Crippen molar-refractivity contribution < 1.29 is 4.42 Å². The lowest BCUT2D eigenvalue weighted by atomic mass is 9.53. The Hall–Kier alpha value is -1.20. The molecule has 0 radical (unpaired) electrons. The molecule has 4 bridgehead atoms. The summed E-state index contributed by atoms with van der Waals surface area (Å²) in [4.78, 5) is 1.05. The van der Waals surface area contributed by atoms with Gasteiger partial charge in [-0.15, -0.1) is 21.5 Å². The summed E-state index contributed by atoms with van der Waals surface area (Å²) in [5, 5.41) is 14.2. The van der Waals surface area contributed by atoms with Crippen LogP contribution in [0.3, 0.4) is 0 Å². The van der Waals surface area contributed by atoms with E-state index < -0.39 is 0 Å². The number of thiophene rings is 1. The molecule has 4 aliphatic carbocycles. The van der Waals surface area contributed by atoms with Crippen molar-refractivity contribution in [1.82, 2.24) is 15.5 Å². The average Bonchev–Trinajstić information content (AvgIpc) is 3.15. The fourth-order valence-corrected chi connectivity index (χ4v) is 6.06. The van der Waals surface area contributed by atoms with Gasteiger partial charge in [0, 0.05) is 5.54 Å². The van der Waals surface area contributed by atoms with Crippen molar-refractivity contribution >= 4 is 11.3 Å². The molecule has 0 unspecified atom stereocenters. The van der Waals surface area contributed by atoms with E-state index in [4.69, 9.17) is 4.42 Å². The summed E-state index contributed by atoms with van der Waals surface area (Å²) in [6.45, 7) is 0.713. The molecular formula is C17H21N3OS. The fourth-order valence-electron chi connectivity index (χ4n) is 5.42. The van der Waals surface area contributed by atoms with Crippen LogP contribution in [0.4, 0.5) is 0 Å². The zero-order valence-corrected chi connectivity index (χ0v) is 13.4. The molecule has 1 N–H and O–H groups in total. The third kappa shape index (κ3) is 2.22. The van der Waals surface area contributed by atoms with E-state index >= 15 is 0 Å². The zero-order valence-electron chi connectivity index (χ0n) is 12.6. The second kappa shape index (κ2) is 4.90. The zero-order chi connectivity index (χ0) is 14.6. The summed E-state index contributed by atoms with van der Waals surface area (Å²) < 4.78 is 5.82. The number of hydrogen-bond donors (Lipinski definition) is 1. The van der Waals surface area contributed by atoms with Crippen LogP contribution in [0.1, 0.15) is 44.4 Å². The van der Waals surface area contributed by atoms with E-state index in [1.165, 1.54) is 38.5 Å². The first-order chi connectivity index (χ1) is 10.8. The molecule has 4 fully saturated rings. The van der Waals surface area contributed by atoms with Crippen molar-refractivity contribution in [1.29, 1.82) is 0 Å². The summed E-state index contributed by atoms with van der Waals surface area (Å²) in [6, 6.07) is 4.03. The highest BCUT2D eigenvalue weighted by Crippen LogP contribution is 2.55. The lowest BCUT2D eigenvalue weighted by molar-refractivity contribution is -0.0215. The van der Waals surface area contributed by atoms with Crippen molar-refractivity contribution in [3.05, 3.63) is 23.4 Å². The molecule has 2 aromatic heterocycles. The number of hydrogen-bond acceptors (Lipinski definition) is 5. The van der Waals surface area contributed by atoms with Gasteiger partial charge in [0.1, 0.15) is 0 Å². The Bertz CT molecular complexity index is 628. The van der Waals surface area contributed by atoms with Crippen molar-refractivity contribution in [2.75, 3.05) is 0 Å². The molecule has 0 atom stereocenters. The van der Waals surface area contributed by atoms with Crippen molar-refractivity contribution in [2.24, 2.45) is 17.8 Å². The van der Waals surface area contributed by atoms with Gasteiger partial charge in [-0.1, -0.05) is 6.07 Å². The number of rotatable bonds is 4. The molecule has 0 aliphatic heterocycles. The van der Waals surface area contributed by atoms with E-state index in [-0.39, 0.29) is 0 Å². The summed E-state index contributed by atoms with van der Waals surface area (Å²) in [6.07, 6.45) is 8.48. The maximum absolute atomic E-state index is 5.82. The Labute approximate surface area is 134 Å². The van der Waals surface area contributed by atoms with Gasteiger partial charge >= 0.3 is 0 Å². The topological polar surface area (TPSA) is 51.0 Å². The van der Waals surface area contributed by atoms with Crippen LogP contribution in [0.5, 0.6) is 0 Å². The van der Waals surface area contributed by atoms with Crippen LogP contribution in [-0.2, 0) is 6.54 Å². The Morgan fingerprint density at radius 3 is 2.50 bits per heavy atom. The predicted octanol–water partition coefficient (Wildman–Crippen LogP) is 3.86. The van der Waals surface area contributed by atoms with Crippen molar-refractivity contribution in [3.63, 3.8) is 0 Å². The molecule has 4 saturated carbocycles. The first kappa shape index (κ1) is 13.3. The van der Waals surface area contributed by atoms with Crippen LogP contribution in [-0.4, -0.2) is 15.7 Å². The van der Waals surface area contributed by atoms with Gasteiger partial charge in [0.25, 0.3) is 5.89 Å². The molecule has 2 heterocycles. The maximum Gasteiger partial charge on any atom is 0.257 e. The molecule has 5 heteroatoms. The van der Waals surface area contributed by atoms with Gasteiger partial charge in [-0.05, 0) is 67.7 Å². The van der Waals surface area contributed by atoms with Gasteiger partial charge in [-0.3, -0.25) is 0 Å². The summed E-state index contributed by atoms with van der Waals surface area (Å²) in [5.74, 6) is 4.26. The quantitative estimate of drug-likeness (QED) is 0.931. The summed E-state index contributed by atoms with van der Waals surface area (Å²) in [7, 11) is 0. The lowest BCUT2D eigenvalue weighted by Gasteiger charge is -2.57. The van der Waals surface area contributed by atoms with Crippen LogP contribution < -0.4 is 5.32 Å². The molecule has 0 amide bonds. The molecule has 116 valence electrons. The van der Waals surface area contributed by atoms with Crippen LogP contribution >= 0.6 is 11.3 Å². The van der Waals surface area contributed by atoms with Crippen LogP contribution in [0.15, 0.2) is 21.9 Å². The Balaban J connectivity index is 1.29. The van der Waals surface area contributed by atoms with Crippen molar-refractivity contribution in [3.8, 4) is 10.8 Å². The number of nitrogens with zero attached hydrogens (tertiary/aromatic N) is 2. The third-order valence-electron chi connectivity index (χ3n) is 5.85. The number of aromatic nitrogens is 2. The SMILES string of the molecule is c1csc(-c2nnc(CNC34CC5CC(CC(C5)C3)C4)o2)c1. The van der Waals surface area contributed by atoms with Gasteiger partial charge in [-0.25, -0.2) is 0 Å². The van der Waals surface area contributed by atoms with E-state index in [1.807, 2.05) is 17.5 Å². The number of nitrogens with one attached hydrogen (secondary N) is 1. The monoisotopic (exact) mass is 315 g/mol. The highest BCUT2D eigenvalue weighted by atomic mass is 32.1. The van der Waals surface area contributed by atoms with Crippen LogP contribution in [0.2, 0.25) is 0 Å². The molecule has 2 aromatic rings. The molecule has 6 rings (SSSR count). The molecule has 0 saturated heterocycles. The first-order valence-corrected chi connectivity index (χ1v) is 9.27. The average molecular weight is 315 g/mol. The smallest absolute Gasteiger partial charge is 0.257 e. The van der Waals surface area contributed by atoms with E-state index in [1.54, 1.807) is 11.3 Å². The van der Waals surface area contributed by atoms with Crippen LogP contribution in [0, 0.1) is 17.8 Å². The van der Waals surface area contributed by atoms with E-state index in [0.29, 0.717) is 18.0 Å². The van der Waals surface area contributed by atoms with Crippen molar-refractivity contribution in [2.45, 2.75) is 50.6 Å². The van der Waals surface area contributed by atoms with E-state index in [9.17, 15) is 0 Å². The predicted molar refractivity (Wildman–Crippen MR) is 85.4 cm³/mol. The van der Waals surface area contributed by atoms with Gasteiger partial charge < -0.3 is 9.73 Å². The molecule has 22 heavy (non-hydrogen) atoms. The normalized spacial score (nSPS) is 36.1. The molecule has 4 nitrogen and oxygen atoms in total. The van der Waals surface area contributed by atoms with E-state index in [2.05, 4.69) is 15.5 Å². The summed E-state index contributed by atoms with van der Waals surface area (Å²) in [5.41, 5.74) is 0.353. The Morgan fingerprint density at radius 1 is 1.14 bits per heavy atom. The minimum Gasteiger partial charge on any atom is -0.419 e. The van der Waals surface area contributed by atoms with Crippen LogP contribution in [0.25, 0.3) is 10.8 Å². The second-order valence-electron chi connectivity index (χ2n) is 7.53. The second-order valence-corrected chi connectivity index (χ2v) is 8.48. The highest BCUT2D eigenvalue weighted by molar-refractivity contribution is 7.13. The highest BCUT2D eigenvalue weighted by Gasteiger charge is 2.50. The lowest BCUT2D eigenvalue weighted by Crippen LogP contribution is -2.58. The van der Waals surface area contributed by atoms with E-state index in [0.717, 1.165) is 28.5 Å². The molecule has 0 aromatic carbocycles. The molecule has 4 aliphatic rings. The third-order valence-corrected chi connectivity index (χ3v) is 6.71. The maximum atomic E-state index is 5.82. The Kier molecular flexibility index (Phi) is 2.95. The van der Waals surface area contributed by atoms with Gasteiger partial charge in [0.15, 0.2) is 0 Å². The Morgan fingerprint density at radius 2 is 1.86 bits per heavy atom. The minimum absolute atomic E-state index is 0.353. The fraction of sp³-hybridized carbons (Fsp3) is 0.647. The first-order valence-electron chi connectivity index (χ1n) is 8.39. The molecule has 0 spiro atoms. The van der Waals surface area contributed by atoms with Gasteiger partial charge in [-0.2, -0.15) is 0 Å². The standard InChI is InChI=1S/C17H21N3OS/c1-2-14(22-3-1)16-20-19-15(21-16)10-18-17-7-11-4-12(8-17)6-13(5-11)9-17/h1-3,11-13,18H,4-10H2. The van der Waals surface area contributed by atoms with Gasteiger partial charge in [0.2, 0.25) is 5.89 Å². The summed E-state index contributed by atoms with van der Waals surface area (Å²) >= 11 is 1.64. The largest absolute Gasteiger partial charge is 0.419 e. The van der Waals surface area contributed by atoms with Gasteiger partial charge in [0.05, 0.1) is 11.4 Å².